The van der Waals surface area contributed by atoms with Gasteiger partial charge in [0.05, 0.1) is 28.6 Å². The minimum absolute atomic E-state index is 0.626. The molecule has 6 heteroatoms. The van der Waals surface area contributed by atoms with Crippen LogP contribution in [0.1, 0.15) is 17.2 Å². The molecule has 0 N–H and O–H groups in total. The molecule has 0 aliphatic rings. The molecule has 2 rings (SSSR count). The molecule has 0 bridgehead atoms. The third-order valence-corrected chi connectivity index (χ3v) is 4.11. The smallest absolute Gasteiger partial charge is 0.131 e. The Morgan fingerprint density at radius 1 is 1.44 bits per heavy atom. The SMILES string of the molecule is Cc1nn(Cc2ncc(Cl)n2C)c(C)c1Br. The fraction of sp³-hybridized carbons (Fsp3) is 0.400. The Morgan fingerprint density at radius 3 is 2.56 bits per heavy atom. The van der Waals surface area contributed by atoms with Crippen LogP contribution in [-0.2, 0) is 13.6 Å². The third-order valence-electron chi connectivity index (χ3n) is 2.61. The second kappa shape index (κ2) is 4.22. The van der Waals surface area contributed by atoms with E-state index in [9.17, 15) is 0 Å². The third kappa shape index (κ3) is 1.89. The lowest BCUT2D eigenvalue weighted by atomic mass is 10.4. The summed E-state index contributed by atoms with van der Waals surface area (Å²) in [7, 11) is 1.89. The summed E-state index contributed by atoms with van der Waals surface area (Å²) in [6.45, 7) is 4.62. The molecule has 0 amide bonds. The molecule has 0 unspecified atom stereocenters. The zero-order chi connectivity index (χ0) is 11.9. The maximum atomic E-state index is 5.93. The van der Waals surface area contributed by atoms with Crippen molar-refractivity contribution >= 4 is 27.5 Å². The Labute approximate surface area is 107 Å². The van der Waals surface area contributed by atoms with E-state index < -0.39 is 0 Å². The first-order valence-electron chi connectivity index (χ1n) is 4.86. The Hall–Kier alpha value is -0.810. The van der Waals surface area contributed by atoms with Crippen LogP contribution in [0.3, 0.4) is 0 Å². The van der Waals surface area contributed by atoms with E-state index in [0.717, 1.165) is 21.7 Å². The zero-order valence-corrected chi connectivity index (χ0v) is 11.7. The van der Waals surface area contributed by atoms with Crippen molar-refractivity contribution in [3.05, 3.63) is 33.0 Å². The van der Waals surface area contributed by atoms with Crippen molar-refractivity contribution in [2.75, 3.05) is 0 Å². The molecule has 86 valence electrons. The van der Waals surface area contributed by atoms with Crippen molar-refractivity contribution in [1.82, 2.24) is 19.3 Å². The van der Waals surface area contributed by atoms with E-state index in [1.54, 1.807) is 6.20 Å². The van der Waals surface area contributed by atoms with Gasteiger partial charge in [-0.05, 0) is 29.8 Å². The van der Waals surface area contributed by atoms with Crippen molar-refractivity contribution in [2.45, 2.75) is 20.4 Å². The lowest BCUT2D eigenvalue weighted by Crippen LogP contribution is -2.09. The number of hydrogen-bond acceptors (Lipinski definition) is 2. The van der Waals surface area contributed by atoms with Crippen molar-refractivity contribution in [1.29, 1.82) is 0 Å². The van der Waals surface area contributed by atoms with E-state index in [-0.39, 0.29) is 0 Å². The minimum Gasteiger partial charge on any atom is -0.321 e. The van der Waals surface area contributed by atoms with Crippen LogP contribution >= 0.6 is 27.5 Å². The molecule has 2 heterocycles. The van der Waals surface area contributed by atoms with Crippen LogP contribution in [0.25, 0.3) is 0 Å². The number of hydrogen-bond donors (Lipinski definition) is 0. The number of rotatable bonds is 2. The van der Waals surface area contributed by atoms with Crippen molar-refractivity contribution in [3.63, 3.8) is 0 Å². The van der Waals surface area contributed by atoms with Crippen LogP contribution in [-0.4, -0.2) is 19.3 Å². The number of nitrogens with zero attached hydrogens (tertiary/aromatic N) is 4. The average Bonchev–Trinajstić information content (AvgIpc) is 2.68. The summed E-state index contributed by atoms with van der Waals surface area (Å²) in [5.41, 5.74) is 2.08. The maximum absolute atomic E-state index is 5.93. The highest BCUT2D eigenvalue weighted by molar-refractivity contribution is 9.10. The standard InChI is InChI=1S/C10H12BrClN4/c1-6-10(11)7(2)16(14-6)5-9-13-4-8(12)15(9)3/h4H,5H2,1-3H3. The molecule has 2 aromatic heterocycles. The van der Waals surface area contributed by atoms with E-state index in [2.05, 4.69) is 26.0 Å². The van der Waals surface area contributed by atoms with Gasteiger partial charge in [0.1, 0.15) is 11.0 Å². The summed E-state index contributed by atoms with van der Waals surface area (Å²) < 4.78 is 4.82. The van der Waals surface area contributed by atoms with E-state index in [4.69, 9.17) is 11.6 Å². The number of halogens is 2. The highest BCUT2D eigenvalue weighted by atomic mass is 79.9. The summed E-state index contributed by atoms with van der Waals surface area (Å²) in [5.74, 6) is 0.892. The van der Waals surface area contributed by atoms with Gasteiger partial charge in [0.2, 0.25) is 0 Å². The predicted molar refractivity (Wildman–Crippen MR) is 66.7 cm³/mol. The number of aromatic nitrogens is 4. The summed E-state index contributed by atoms with van der Waals surface area (Å²) >= 11 is 9.43. The zero-order valence-electron chi connectivity index (χ0n) is 9.33. The lowest BCUT2D eigenvalue weighted by Gasteiger charge is -2.05. The van der Waals surface area contributed by atoms with Gasteiger partial charge in [0.15, 0.2) is 0 Å². The van der Waals surface area contributed by atoms with Crippen LogP contribution in [0, 0.1) is 13.8 Å². The average molecular weight is 304 g/mol. The molecule has 0 atom stereocenters. The highest BCUT2D eigenvalue weighted by Gasteiger charge is 2.11. The molecule has 0 spiro atoms. The van der Waals surface area contributed by atoms with Crippen LogP contribution in [0.4, 0.5) is 0 Å². The summed E-state index contributed by atoms with van der Waals surface area (Å²) in [4.78, 5) is 4.25. The van der Waals surface area contributed by atoms with Gasteiger partial charge in [0, 0.05) is 7.05 Å². The van der Waals surface area contributed by atoms with Crippen LogP contribution in [0.5, 0.6) is 0 Å². The van der Waals surface area contributed by atoms with Gasteiger partial charge in [-0.1, -0.05) is 11.6 Å². The quantitative estimate of drug-likeness (QED) is 0.855. The van der Waals surface area contributed by atoms with Crippen molar-refractivity contribution in [2.24, 2.45) is 7.05 Å². The second-order valence-electron chi connectivity index (χ2n) is 3.70. The van der Waals surface area contributed by atoms with Gasteiger partial charge < -0.3 is 4.57 Å². The first-order chi connectivity index (χ1) is 7.50. The van der Waals surface area contributed by atoms with Crippen LogP contribution in [0.15, 0.2) is 10.7 Å². The second-order valence-corrected chi connectivity index (χ2v) is 4.88. The lowest BCUT2D eigenvalue weighted by molar-refractivity contribution is 0.612. The number of imidazole rings is 1. The Kier molecular flexibility index (Phi) is 3.08. The van der Waals surface area contributed by atoms with Crippen LogP contribution < -0.4 is 0 Å². The number of aryl methyl sites for hydroxylation is 1. The van der Waals surface area contributed by atoms with Gasteiger partial charge in [-0.25, -0.2) is 4.98 Å². The normalized spacial score (nSPS) is 11.1. The molecule has 16 heavy (non-hydrogen) atoms. The van der Waals surface area contributed by atoms with Crippen LogP contribution in [0.2, 0.25) is 5.15 Å². The Bertz CT molecular complexity index is 529. The van der Waals surface area contributed by atoms with Gasteiger partial charge in [-0.2, -0.15) is 5.10 Å². The maximum Gasteiger partial charge on any atom is 0.131 e. The van der Waals surface area contributed by atoms with Gasteiger partial charge in [-0.3, -0.25) is 4.68 Å². The van der Waals surface area contributed by atoms with Gasteiger partial charge >= 0.3 is 0 Å². The molecule has 0 fully saturated rings. The van der Waals surface area contributed by atoms with E-state index in [1.165, 1.54) is 0 Å². The fourth-order valence-electron chi connectivity index (χ4n) is 1.53. The Morgan fingerprint density at radius 2 is 2.12 bits per heavy atom. The molecular weight excluding hydrogens is 291 g/mol. The van der Waals surface area contributed by atoms with E-state index in [1.807, 2.05) is 30.1 Å². The van der Waals surface area contributed by atoms with Gasteiger partial charge in [0.25, 0.3) is 0 Å². The summed E-state index contributed by atoms with van der Waals surface area (Å²) in [5, 5.41) is 5.06. The monoisotopic (exact) mass is 302 g/mol. The van der Waals surface area contributed by atoms with Gasteiger partial charge in [-0.15, -0.1) is 0 Å². The molecule has 4 nitrogen and oxygen atoms in total. The van der Waals surface area contributed by atoms with E-state index in [0.29, 0.717) is 11.7 Å². The largest absolute Gasteiger partial charge is 0.321 e. The topological polar surface area (TPSA) is 35.6 Å². The first kappa shape index (κ1) is 11.7. The molecule has 0 saturated heterocycles. The van der Waals surface area contributed by atoms with Crippen molar-refractivity contribution in [3.8, 4) is 0 Å². The van der Waals surface area contributed by atoms with E-state index >= 15 is 0 Å². The molecular formula is C10H12BrClN4. The van der Waals surface area contributed by atoms with Crippen molar-refractivity contribution < 1.29 is 0 Å². The molecule has 0 radical (unpaired) electrons. The molecule has 0 aliphatic heterocycles. The summed E-state index contributed by atoms with van der Waals surface area (Å²) in [6.07, 6.45) is 1.65. The molecule has 0 saturated carbocycles. The fourth-order valence-corrected chi connectivity index (χ4v) is 1.96. The molecule has 0 aliphatic carbocycles. The first-order valence-corrected chi connectivity index (χ1v) is 6.03. The summed E-state index contributed by atoms with van der Waals surface area (Å²) in [6, 6.07) is 0. The minimum atomic E-state index is 0.626. The molecule has 2 aromatic rings. The molecule has 0 aromatic carbocycles. The Balaban J connectivity index is 2.34. The highest BCUT2D eigenvalue weighted by Crippen LogP contribution is 2.20. The predicted octanol–water partition coefficient (Wildman–Crippen LogP) is 2.70.